The number of nitrogens with zero attached hydrogens (tertiary/aromatic N) is 5. The zero-order valence-corrected chi connectivity index (χ0v) is 12.7. The van der Waals surface area contributed by atoms with Gasteiger partial charge in [-0.25, -0.2) is 9.67 Å². The van der Waals surface area contributed by atoms with E-state index in [-0.39, 0.29) is 17.3 Å². The van der Waals surface area contributed by atoms with Crippen LogP contribution in [0.1, 0.15) is 17.8 Å². The summed E-state index contributed by atoms with van der Waals surface area (Å²) in [6.07, 6.45) is 0.778. The van der Waals surface area contributed by atoms with Gasteiger partial charge < -0.3 is 0 Å². The second kappa shape index (κ2) is 6.18. The van der Waals surface area contributed by atoms with Crippen molar-refractivity contribution in [3.05, 3.63) is 63.2 Å². The Morgan fingerprint density at radius 3 is 2.87 bits per heavy atom. The molecule has 3 aromatic heterocycles. The Balaban J connectivity index is 2.03. The molecule has 0 fully saturated rings. The smallest absolute Gasteiger partial charge is 0.258 e. The highest BCUT2D eigenvalue weighted by atomic mass is 35.5. The second-order valence-electron chi connectivity index (χ2n) is 4.90. The van der Waals surface area contributed by atoms with Crippen LogP contribution >= 0.6 is 11.6 Å². The van der Waals surface area contributed by atoms with E-state index in [4.69, 9.17) is 16.9 Å². The minimum absolute atomic E-state index is 0.0942. The molecular formula is C15H11ClFN5O. The lowest BCUT2D eigenvalue weighted by molar-refractivity contribution is 0.538. The maximum Gasteiger partial charge on any atom is 0.258 e. The molecule has 3 aromatic rings. The number of hydrogen-bond donors (Lipinski definition) is 0. The molecule has 0 N–H and O–H groups in total. The lowest BCUT2D eigenvalue weighted by Gasteiger charge is -2.09. The molecule has 116 valence electrons. The first-order chi connectivity index (χ1) is 11.1. The minimum atomic E-state index is -0.689. The average Bonchev–Trinajstić information content (AvgIpc) is 2.82. The lowest BCUT2D eigenvalue weighted by atomic mass is 10.2. The monoisotopic (exact) mass is 331 g/mol. The van der Waals surface area contributed by atoms with E-state index in [1.807, 2.05) is 0 Å². The van der Waals surface area contributed by atoms with Crippen LogP contribution in [0.4, 0.5) is 4.39 Å². The maximum atomic E-state index is 13.1. The number of rotatable bonds is 4. The topological polar surface area (TPSA) is 76.0 Å². The van der Waals surface area contributed by atoms with Crippen molar-refractivity contribution in [1.82, 2.24) is 19.2 Å². The number of aryl methyl sites for hydroxylation is 1. The van der Waals surface area contributed by atoms with E-state index in [2.05, 4.69) is 16.2 Å². The van der Waals surface area contributed by atoms with Crippen molar-refractivity contribution in [2.45, 2.75) is 19.4 Å². The Morgan fingerprint density at radius 1 is 1.35 bits per heavy atom. The van der Waals surface area contributed by atoms with Crippen molar-refractivity contribution in [2.75, 3.05) is 0 Å². The summed E-state index contributed by atoms with van der Waals surface area (Å²) in [6.45, 7) is 0.0942. The quantitative estimate of drug-likeness (QED) is 0.734. The first-order valence-electron chi connectivity index (χ1n) is 6.85. The standard InChI is InChI=1S/C15H11ClFN5O/c16-12-8-13(17)20-21(12)9-10-7-15(23)22-11(4-2-6-18)3-1-5-14(22)19-10/h1,3,5,7-8H,2,4,9H2. The highest BCUT2D eigenvalue weighted by Crippen LogP contribution is 2.12. The zero-order valence-electron chi connectivity index (χ0n) is 11.9. The molecule has 0 unspecified atom stereocenters. The van der Waals surface area contributed by atoms with Crippen LogP contribution in [0, 0.1) is 17.3 Å². The van der Waals surface area contributed by atoms with Crippen molar-refractivity contribution in [3.63, 3.8) is 0 Å². The van der Waals surface area contributed by atoms with Gasteiger partial charge in [-0.2, -0.15) is 9.65 Å². The Bertz CT molecular complexity index is 972. The molecule has 8 heteroatoms. The Labute approximate surface area is 135 Å². The summed E-state index contributed by atoms with van der Waals surface area (Å²) in [5.74, 6) is -0.689. The molecule has 0 saturated heterocycles. The van der Waals surface area contributed by atoms with Gasteiger partial charge in [0.2, 0.25) is 5.95 Å². The van der Waals surface area contributed by atoms with Crippen LogP contribution < -0.4 is 5.56 Å². The molecule has 0 aliphatic rings. The van der Waals surface area contributed by atoms with E-state index in [1.54, 1.807) is 18.2 Å². The van der Waals surface area contributed by atoms with E-state index >= 15 is 0 Å². The summed E-state index contributed by atoms with van der Waals surface area (Å²) in [4.78, 5) is 16.8. The normalized spacial score (nSPS) is 10.8. The van der Waals surface area contributed by atoms with Gasteiger partial charge in [-0.3, -0.25) is 9.20 Å². The third-order valence-electron chi connectivity index (χ3n) is 3.32. The van der Waals surface area contributed by atoms with Gasteiger partial charge in [0.05, 0.1) is 18.3 Å². The fraction of sp³-hybridized carbons (Fsp3) is 0.200. The molecule has 0 aliphatic heterocycles. The largest absolute Gasteiger partial charge is 0.269 e. The highest BCUT2D eigenvalue weighted by Gasteiger charge is 2.10. The molecule has 23 heavy (non-hydrogen) atoms. The van der Waals surface area contributed by atoms with Crippen LogP contribution in [-0.4, -0.2) is 19.2 Å². The fourth-order valence-corrected chi connectivity index (χ4v) is 2.55. The molecule has 0 aliphatic carbocycles. The van der Waals surface area contributed by atoms with Crippen LogP contribution in [-0.2, 0) is 13.0 Å². The molecule has 0 amide bonds. The van der Waals surface area contributed by atoms with Crippen LogP contribution in [0.15, 0.2) is 35.1 Å². The van der Waals surface area contributed by atoms with Crippen molar-refractivity contribution < 1.29 is 4.39 Å². The molecular weight excluding hydrogens is 321 g/mol. The van der Waals surface area contributed by atoms with Crippen LogP contribution in [0.25, 0.3) is 5.65 Å². The third kappa shape index (κ3) is 3.07. The number of halogens is 2. The van der Waals surface area contributed by atoms with Gasteiger partial charge in [-0.15, -0.1) is 5.10 Å². The number of hydrogen-bond acceptors (Lipinski definition) is 4. The first kappa shape index (κ1) is 15.2. The van der Waals surface area contributed by atoms with E-state index in [0.29, 0.717) is 24.2 Å². The molecule has 3 rings (SSSR count). The van der Waals surface area contributed by atoms with Crippen LogP contribution in [0.5, 0.6) is 0 Å². The van der Waals surface area contributed by atoms with Crippen LogP contribution in [0.2, 0.25) is 5.15 Å². The summed E-state index contributed by atoms with van der Waals surface area (Å²) in [6, 6.07) is 9.77. The molecule has 0 bridgehead atoms. The minimum Gasteiger partial charge on any atom is -0.269 e. The summed E-state index contributed by atoms with van der Waals surface area (Å²) >= 11 is 5.85. The number of pyridine rings is 1. The number of nitriles is 1. The molecule has 0 saturated carbocycles. The van der Waals surface area contributed by atoms with Gasteiger partial charge in [0.1, 0.15) is 10.8 Å². The van der Waals surface area contributed by atoms with Gasteiger partial charge in [0.25, 0.3) is 5.56 Å². The SMILES string of the molecule is N#CCCc1cccc2nc(Cn3nc(F)cc3Cl)cc(=O)n12. The summed E-state index contributed by atoms with van der Waals surface area (Å²) in [5.41, 5.74) is 1.35. The summed E-state index contributed by atoms with van der Waals surface area (Å²) < 4.78 is 15.8. The molecule has 0 atom stereocenters. The fourth-order valence-electron chi connectivity index (χ4n) is 2.36. The van der Waals surface area contributed by atoms with E-state index in [1.165, 1.54) is 15.1 Å². The molecule has 6 nitrogen and oxygen atoms in total. The van der Waals surface area contributed by atoms with E-state index < -0.39 is 5.95 Å². The molecule has 3 heterocycles. The van der Waals surface area contributed by atoms with Crippen molar-refractivity contribution in [3.8, 4) is 6.07 Å². The molecule has 0 radical (unpaired) electrons. The Morgan fingerprint density at radius 2 is 2.17 bits per heavy atom. The van der Waals surface area contributed by atoms with Gasteiger partial charge in [-0.1, -0.05) is 17.7 Å². The first-order valence-corrected chi connectivity index (χ1v) is 7.22. The maximum absolute atomic E-state index is 13.1. The third-order valence-corrected chi connectivity index (χ3v) is 3.63. The molecule has 0 aromatic carbocycles. The summed E-state index contributed by atoms with van der Waals surface area (Å²) in [5, 5.41) is 12.4. The highest BCUT2D eigenvalue weighted by molar-refractivity contribution is 6.29. The van der Waals surface area contributed by atoms with Crippen LogP contribution in [0.3, 0.4) is 0 Å². The van der Waals surface area contributed by atoms with Gasteiger partial charge >= 0.3 is 0 Å². The van der Waals surface area contributed by atoms with E-state index in [0.717, 1.165) is 11.8 Å². The average molecular weight is 332 g/mol. The van der Waals surface area contributed by atoms with Gasteiger partial charge in [0, 0.05) is 30.7 Å². The van der Waals surface area contributed by atoms with E-state index in [9.17, 15) is 9.18 Å². The Kier molecular flexibility index (Phi) is 4.08. The van der Waals surface area contributed by atoms with Gasteiger partial charge in [0.15, 0.2) is 0 Å². The zero-order chi connectivity index (χ0) is 16.4. The molecule has 0 spiro atoms. The number of aromatic nitrogens is 4. The summed E-state index contributed by atoms with van der Waals surface area (Å²) in [7, 11) is 0. The number of fused-ring (bicyclic) bond motifs is 1. The van der Waals surface area contributed by atoms with Crippen molar-refractivity contribution in [2.24, 2.45) is 0 Å². The lowest BCUT2D eigenvalue weighted by Crippen LogP contribution is -2.20. The van der Waals surface area contributed by atoms with Crippen molar-refractivity contribution in [1.29, 1.82) is 5.26 Å². The predicted octanol–water partition coefficient (Wildman–Crippen LogP) is 2.19. The predicted molar refractivity (Wildman–Crippen MR) is 81.7 cm³/mol. The Hall–Kier alpha value is -2.72. The second-order valence-corrected chi connectivity index (χ2v) is 5.29. The van der Waals surface area contributed by atoms with Crippen molar-refractivity contribution >= 4 is 17.2 Å². The van der Waals surface area contributed by atoms with Gasteiger partial charge in [-0.05, 0) is 12.1 Å².